The first-order valence-electron chi connectivity index (χ1n) is 8.13. The van der Waals surface area contributed by atoms with Gasteiger partial charge in [0.1, 0.15) is 0 Å². The maximum absolute atomic E-state index is 6.14. The molecule has 2 aliphatic heterocycles. The standard InChI is InChI=1S/C15H31N5O/c1-13(2)14(19-6-4-18(3)5-7-19)12-17-15(16)20-8-10-21-11-9-20/h13-14H,4-12H2,1-3H3,(H2,16,17). The predicted octanol–water partition coefficient (Wildman–Crippen LogP) is -0.0947. The molecule has 0 amide bonds. The lowest BCUT2D eigenvalue weighted by Crippen LogP contribution is -2.52. The summed E-state index contributed by atoms with van der Waals surface area (Å²) in [5, 5.41) is 0. The molecule has 6 heteroatoms. The number of rotatable bonds is 4. The number of guanidine groups is 1. The van der Waals surface area contributed by atoms with Gasteiger partial charge in [0, 0.05) is 45.3 Å². The van der Waals surface area contributed by atoms with Crippen molar-refractivity contribution in [3.05, 3.63) is 0 Å². The fraction of sp³-hybridized carbons (Fsp3) is 0.933. The molecule has 1 atom stereocenters. The lowest BCUT2D eigenvalue weighted by molar-refractivity contribution is 0.0669. The summed E-state index contributed by atoms with van der Waals surface area (Å²) >= 11 is 0. The maximum atomic E-state index is 6.14. The van der Waals surface area contributed by atoms with Crippen molar-refractivity contribution in [3.63, 3.8) is 0 Å². The maximum Gasteiger partial charge on any atom is 0.191 e. The fourth-order valence-electron chi connectivity index (χ4n) is 2.98. The molecule has 0 radical (unpaired) electrons. The van der Waals surface area contributed by atoms with Gasteiger partial charge in [0.2, 0.25) is 0 Å². The molecular formula is C15H31N5O. The van der Waals surface area contributed by atoms with Gasteiger partial charge >= 0.3 is 0 Å². The molecule has 0 bridgehead atoms. The van der Waals surface area contributed by atoms with Gasteiger partial charge in [0.05, 0.1) is 19.8 Å². The van der Waals surface area contributed by atoms with Crippen LogP contribution in [0.3, 0.4) is 0 Å². The van der Waals surface area contributed by atoms with Gasteiger partial charge in [-0.25, -0.2) is 0 Å². The van der Waals surface area contributed by atoms with Crippen LogP contribution in [-0.4, -0.2) is 92.8 Å². The van der Waals surface area contributed by atoms with E-state index in [1.54, 1.807) is 0 Å². The van der Waals surface area contributed by atoms with E-state index in [4.69, 9.17) is 10.5 Å². The van der Waals surface area contributed by atoms with Gasteiger partial charge in [-0.2, -0.15) is 0 Å². The van der Waals surface area contributed by atoms with Crippen LogP contribution in [0, 0.1) is 5.92 Å². The third-order valence-electron chi connectivity index (χ3n) is 4.55. The molecule has 0 aromatic carbocycles. The SMILES string of the molecule is CC(C)C(CN=C(N)N1CCOCC1)N1CCN(C)CC1. The van der Waals surface area contributed by atoms with E-state index in [9.17, 15) is 0 Å². The van der Waals surface area contributed by atoms with Crippen molar-refractivity contribution in [1.29, 1.82) is 0 Å². The van der Waals surface area contributed by atoms with Gasteiger partial charge in [-0.1, -0.05) is 13.8 Å². The van der Waals surface area contributed by atoms with Crippen LogP contribution in [0.25, 0.3) is 0 Å². The van der Waals surface area contributed by atoms with Crippen molar-refractivity contribution < 1.29 is 4.74 Å². The van der Waals surface area contributed by atoms with E-state index in [0.29, 0.717) is 17.9 Å². The first kappa shape index (κ1) is 16.5. The molecule has 2 rings (SSSR count). The average molecular weight is 297 g/mol. The summed E-state index contributed by atoms with van der Waals surface area (Å²) in [5.41, 5.74) is 6.14. The van der Waals surface area contributed by atoms with E-state index in [0.717, 1.165) is 59.0 Å². The number of hydrogen-bond acceptors (Lipinski definition) is 4. The van der Waals surface area contributed by atoms with Crippen molar-refractivity contribution in [1.82, 2.24) is 14.7 Å². The summed E-state index contributed by atoms with van der Waals surface area (Å²) in [6, 6.07) is 0.485. The van der Waals surface area contributed by atoms with E-state index in [-0.39, 0.29) is 0 Å². The zero-order valence-electron chi connectivity index (χ0n) is 13.8. The first-order chi connectivity index (χ1) is 10.1. The number of ether oxygens (including phenoxy) is 1. The Labute approximate surface area is 128 Å². The molecule has 0 aromatic heterocycles. The summed E-state index contributed by atoms with van der Waals surface area (Å²) in [7, 11) is 2.19. The molecule has 0 spiro atoms. The highest BCUT2D eigenvalue weighted by molar-refractivity contribution is 5.78. The van der Waals surface area contributed by atoms with Crippen molar-refractivity contribution in [2.45, 2.75) is 19.9 Å². The van der Waals surface area contributed by atoms with Crippen molar-refractivity contribution in [2.75, 3.05) is 66.1 Å². The third-order valence-corrected chi connectivity index (χ3v) is 4.55. The van der Waals surface area contributed by atoms with Gasteiger partial charge in [0.15, 0.2) is 5.96 Å². The Bertz CT molecular complexity index is 333. The zero-order chi connectivity index (χ0) is 15.2. The zero-order valence-corrected chi connectivity index (χ0v) is 13.8. The highest BCUT2D eigenvalue weighted by Gasteiger charge is 2.25. The summed E-state index contributed by atoms with van der Waals surface area (Å²) in [6.45, 7) is 13.1. The second-order valence-corrected chi connectivity index (χ2v) is 6.45. The third kappa shape index (κ3) is 4.83. The minimum atomic E-state index is 0.485. The number of morpholine rings is 1. The number of aliphatic imine (C=N–C) groups is 1. The van der Waals surface area contributed by atoms with Crippen LogP contribution < -0.4 is 5.73 Å². The van der Waals surface area contributed by atoms with E-state index in [1.165, 1.54) is 0 Å². The minimum Gasteiger partial charge on any atom is -0.378 e. The number of piperazine rings is 1. The van der Waals surface area contributed by atoms with Gasteiger partial charge in [-0.05, 0) is 13.0 Å². The van der Waals surface area contributed by atoms with Crippen LogP contribution in [0.4, 0.5) is 0 Å². The summed E-state index contributed by atoms with van der Waals surface area (Å²) in [6.07, 6.45) is 0. The Morgan fingerprint density at radius 3 is 2.29 bits per heavy atom. The monoisotopic (exact) mass is 297 g/mol. The van der Waals surface area contributed by atoms with E-state index in [2.05, 4.69) is 40.6 Å². The molecule has 2 N–H and O–H groups in total. The summed E-state index contributed by atoms with van der Waals surface area (Å²) < 4.78 is 5.35. The summed E-state index contributed by atoms with van der Waals surface area (Å²) in [5.74, 6) is 1.27. The second-order valence-electron chi connectivity index (χ2n) is 6.45. The molecule has 0 aliphatic carbocycles. The molecule has 2 saturated heterocycles. The Kier molecular flexibility index (Phi) is 6.26. The van der Waals surface area contributed by atoms with Gasteiger partial charge in [-0.15, -0.1) is 0 Å². The highest BCUT2D eigenvalue weighted by atomic mass is 16.5. The molecular weight excluding hydrogens is 266 g/mol. The van der Waals surface area contributed by atoms with Crippen LogP contribution in [0.15, 0.2) is 4.99 Å². The Morgan fingerprint density at radius 2 is 1.71 bits per heavy atom. The molecule has 1 unspecified atom stereocenters. The number of likely N-dealkylation sites (N-methyl/N-ethyl adjacent to an activating group) is 1. The van der Waals surface area contributed by atoms with E-state index < -0.39 is 0 Å². The number of nitrogens with zero attached hydrogens (tertiary/aromatic N) is 4. The molecule has 6 nitrogen and oxygen atoms in total. The number of nitrogens with two attached hydrogens (primary N) is 1. The predicted molar refractivity (Wildman–Crippen MR) is 86.6 cm³/mol. The topological polar surface area (TPSA) is 57.3 Å². The quantitative estimate of drug-likeness (QED) is 0.580. The number of hydrogen-bond donors (Lipinski definition) is 1. The van der Waals surface area contributed by atoms with Crippen molar-refractivity contribution in [3.8, 4) is 0 Å². The fourth-order valence-corrected chi connectivity index (χ4v) is 2.98. The Balaban J connectivity index is 1.89. The average Bonchev–Trinajstić information content (AvgIpc) is 2.49. The van der Waals surface area contributed by atoms with Crippen LogP contribution in [-0.2, 0) is 4.74 Å². The molecule has 0 aromatic rings. The molecule has 0 saturated carbocycles. The summed E-state index contributed by atoms with van der Waals surface area (Å²) in [4.78, 5) is 11.8. The van der Waals surface area contributed by atoms with Crippen LogP contribution >= 0.6 is 0 Å². The van der Waals surface area contributed by atoms with Gasteiger partial charge in [0.25, 0.3) is 0 Å². The van der Waals surface area contributed by atoms with Crippen LogP contribution in [0.1, 0.15) is 13.8 Å². The lowest BCUT2D eigenvalue weighted by Gasteiger charge is -2.39. The minimum absolute atomic E-state index is 0.485. The van der Waals surface area contributed by atoms with Gasteiger partial charge in [-0.3, -0.25) is 9.89 Å². The van der Waals surface area contributed by atoms with Crippen LogP contribution in [0.5, 0.6) is 0 Å². The molecule has 21 heavy (non-hydrogen) atoms. The molecule has 122 valence electrons. The van der Waals surface area contributed by atoms with Crippen molar-refractivity contribution >= 4 is 5.96 Å². The Hall–Kier alpha value is -0.850. The van der Waals surface area contributed by atoms with E-state index >= 15 is 0 Å². The normalized spacial score (nSPS) is 24.6. The second kappa shape index (κ2) is 7.96. The molecule has 2 heterocycles. The highest BCUT2D eigenvalue weighted by Crippen LogP contribution is 2.14. The van der Waals surface area contributed by atoms with Crippen molar-refractivity contribution in [2.24, 2.45) is 16.6 Å². The molecule has 2 aliphatic rings. The van der Waals surface area contributed by atoms with Gasteiger partial charge < -0.3 is 20.3 Å². The lowest BCUT2D eigenvalue weighted by atomic mass is 10.0. The van der Waals surface area contributed by atoms with Crippen LogP contribution in [0.2, 0.25) is 0 Å². The first-order valence-corrected chi connectivity index (χ1v) is 8.13. The smallest absolute Gasteiger partial charge is 0.191 e. The molecule has 2 fully saturated rings. The largest absolute Gasteiger partial charge is 0.378 e. The van der Waals surface area contributed by atoms with E-state index in [1.807, 2.05) is 0 Å². The Morgan fingerprint density at radius 1 is 1.10 bits per heavy atom.